The van der Waals surface area contributed by atoms with Crippen LogP contribution in [0.25, 0.3) is 11.3 Å². The van der Waals surface area contributed by atoms with Crippen LogP contribution >= 0.6 is 15.9 Å². The minimum absolute atomic E-state index is 0.789. The third-order valence-electron chi connectivity index (χ3n) is 3.84. The molecule has 0 spiro atoms. The quantitative estimate of drug-likeness (QED) is 0.764. The van der Waals surface area contributed by atoms with Gasteiger partial charge in [0.25, 0.3) is 0 Å². The lowest BCUT2D eigenvalue weighted by molar-refractivity contribution is 0.420. The molecule has 0 radical (unpaired) electrons. The zero-order valence-electron chi connectivity index (χ0n) is 11.1. The molecule has 1 heterocycles. The molecule has 1 saturated carbocycles. The first-order valence-electron chi connectivity index (χ1n) is 6.90. The van der Waals surface area contributed by atoms with E-state index in [1.807, 2.05) is 6.07 Å². The molecule has 1 aliphatic rings. The van der Waals surface area contributed by atoms with E-state index in [4.69, 9.17) is 0 Å². The van der Waals surface area contributed by atoms with E-state index in [1.165, 1.54) is 30.4 Å². The lowest BCUT2D eigenvalue weighted by Gasteiger charge is -2.25. The normalized spacial score (nSPS) is 15.3. The van der Waals surface area contributed by atoms with E-state index in [0.29, 0.717) is 0 Å². The fraction of sp³-hybridized carbons (Fsp3) is 0.375. The first kappa shape index (κ1) is 12.8. The Kier molecular flexibility index (Phi) is 3.65. The maximum Gasteiger partial charge on any atom is 0.130 e. The predicted octanol–water partition coefficient (Wildman–Crippen LogP) is 4.74. The van der Waals surface area contributed by atoms with Crippen LogP contribution in [0.5, 0.6) is 0 Å². The van der Waals surface area contributed by atoms with Crippen molar-refractivity contribution in [3.63, 3.8) is 0 Å². The van der Waals surface area contributed by atoms with Crippen LogP contribution in [0, 0.1) is 0 Å². The molecule has 1 aliphatic carbocycles. The topological polar surface area (TPSA) is 25.8 Å². The molecule has 1 aromatic carbocycles. The average Bonchev–Trinajstić information content (AvgIpc) is 2.37. The van der Waals surface area contributed by atoms with Crippen LogP contribution in [0.15, 0.2) is 34.9 Å². The zero-order chi connectivity index (χ0) is 13.2. The molecule has 0 aliphatic heterocycles. The van der Waals surface area contributed by atoms with Crippen molar-refractivity contribution >= 4 is 15.9 Å². The molecule has 19 heavy (non-hydrogen) atoms. The summed E-state index contributed by atoms with van der Waals surface area (Å²) in [7, 11) is 0. The Morgan fingerprint density at radius 1 is 1.16 bits per heavy atom. The summed E-state index contributed by atoms with van der Waals surface area (Å²) in [5.41, 5.74) is 3.64. The zero-order valence-corrected chi connectivity index (χ0v) is 12.7. The monoisotopic (exact) mass is 316 g/mol. The fourth-order valence-corrected chi connectivity index (χ4v) is 2.86. The first-order chi connectivity index (χ1) is 9.26. The van der Waals surface area contributed by atoms with Crippen molar-refractivity contribution in [3.8, 4) is 11.3 Å². The number of aryl methyl sites for hydroxylation is 1. The standard InChI is InChI=1S/C16H17BrN2/c1-2-16-18-14(10-15(17)19-16)13-8-6-12(7-9-13)11-4-3-5-11/h6-11H,2-5H2,1H3. The molecule has 3 heteroatoms. The summed E-state index contributed by atoms with van der Waals surface area (Å²) < 4.78 is 0.859. The number of rotatable bonds is 3. The summed E-state index contributed by atoms with van der Waals surface area (Å²) in [4.78, 5) is 8.94. The van der Waals surface area contributed by atoms with Gasteiger partial charge >= 0.3 is 0 Å². The van der Waals surface area contributed by atoms with Crippen molar-refractivity contribution in [2.24, 2.45) is 0 Å². The highest BCUT2D eigenvalue weighted by Crippen LogP contribution is 2.36. The molecular weight excluding hydrogens is 300 g/mol. The first-order valence-corrected chi connectivity index (χ1v) is 7.69. The predicted molar refractivity (Wildman–Crippen MR) is 81.1 cm³/mol. The molecule has 98 valence electrons. The maximum absolute atomic E-state index is 4.59. The summed E-state index contributed by atoms with van der Waals surface area (Å²) >= 11 is 3.46. The van der Waals surface area contributed by atoms with Crippen molar-refractivity contribution in [2.45, 2.75) is 38.5 Å². The number of nitrogens with zero attached hydrogens (tertiary/aromatic N) is 2. The van der Waals surface area contributed by atoms with Crippen LogP contribution in [0.3, 0.4) is 0 Å². The molecule has 3 rings (SSSR count). The summed E-state index contributed by atoms with van der Waals surface area (Å²) in [5, 5.41) is 0. The molecule has 1 aromatic heterocycles. The second-order valence-corrected chi connectivity index (χ2v) is 5.91. The van der Waals surface area contributed by atoms with Crippen molar-refractivity contribution in [1.29, 1.82) is 0 Å². The number of hydrogen-bond donors (Lipinski definition) is 0. The van der Waals surface area contributed by atoms with Gasteiger partial charge in [-0.1, -0.05) is 37.6 Å². The summed E-state index contributed by atoms with van der Waals surface area (Å²) in [6.45, 7) is 2.07. The van der Waals surface area contributed by atoms with Gasteiger partial charge in [0.2, 0.25) is 0 Å². The van der Waals surface area contributed by atoms with Gasteiger partial charge in [-0.2, -0.15) is 0 Å². The van der Waals surface area contributed by atoms with Gasteiger partial charge in [-0.15, -0.1) is 0 Å². The van der Waals surface area contributed by atoms with E-state index in [2.05, 4.69) is 57.1 Å². The van der Waals surface area contributed by atoms with Gasteiger partial charge in [-0.3, -0.25) is 0 Å². The van der Waals surface area contributed by atoms with Crippen molar-refractivity contribution in [2.75, 3.05) is 0 Å². The summed E-state index contributed by atoms with van der Waals surface area (Å²) in [5.74, 6) is 1.67. The second-order valence-electron chi connectivity index (χ2n) is 5.10. The van der Waals surface area contributed by atoms with Gasteiger partial charge < -0.3 is 0 Å². The third kappa shape index (κ3) is 2.71. The molecule has 0 saturated heterocycles. The second kappa shape index (κ2) is 5.41. The highest BCUT2D eigenvalue weighted by Gasteiger charge is 2.19. The molecular formula is C16H17BrN2. The Bertz CT molecular complexity index is 574. The SMILES string of the molecule is CCc1nc(Br)cc(-c2ccc(C3CCC3)cc2)n1. The molecule has 0 unspecified atom stereocenters. The van der Waals surface area contributed by atoms with Crippen LogP contribution in [-0.4, -0.2) is 9.97 Å². The molecule has 1 fully saturated rings. The van der Waals surface area contributed by atoms with E-state index in [9.17, 15) is 0 Å². The Morgan fingerprint density at radius 2 is 1.89 bits per heavy atom. The van der Waals surface area contributed by atoms with Crippen LogP contribution < -0.4 is 0 Å². The molecule has 0 bridgehead atoms. The van der Waals surface area contributed by atoms with Gasteiger partial charge in [0.15, 0.2) is 0 Å². The smallest absolute Gasteiger partial charge is 0.130 e. The molecule has 2 nitrogen and oxygen atoms in total. The van der Waals surface area contributed by atoms with Crippen molar-refractivity contribution in [1.82, 2.24) is 9.97 Å². The minimum Gasteiger partial charge on any atom is -0.233 e. The highest BCUT2D eigenvalue weighted by molar-refractivity contribution is 9.10. The van der Waals surface area contributed by atoms with Gasteiger partial charge in [0.1, 0.15) is 10.4 Å². The van der Waals surface area contributed by atoms with Crippen molar-refractivity contribution in [3.05, 3.63) is 46.3 Å². The molecule has 2 aromatic rings. The van der Waals surface area contributed by atoms with Crippen LogP contribution in [0.2, 0.25) is 0 Å². The van der Waals surface area contributed by atoms with E-state index in [0.717, 1.165) is 28.5 Å². The van der Waals surface area contributed by atoms with Gasteiger partial charge in [0, 0.05) is 12.0 Å². The van der Waals surface area contributed by atoms with Crippen LogP contribution in [0.1, 0.15) is 43.5 Å². The fourth-order valence-electron chi connectivity index (χ4n) is 2.44. The number of benzene rings is 1. The van der Waals surface area contributed by atoms with Gasteiger partial charge in [0.05, 0.1) is 5.69 Å². The Hall–Kier alpha value is -1.22. The van der Waals surface area contributed by atoms with Gasteiger partial charge in [-0.05, 0) is 46.3 Å². The molecule has 0 amide bonds. The number of aromatic nitrogens is 2. The minimum atomic E-state index is 0.789. The number of halogens is 1. The van der Waals surface area contributed by atoms with E-state index in [1.54, 1.807) is 0 Å². The Morgan fingerprint density at radius 3 is 2.47 bits per heavy atom. The largest absolute Gasteiger partial charge is 0.233 e. The lowest BCUT2D eigenvalue weighted by Crippen LogP contribution is -2.08. The summed E-state index contributed by atoms with van der Waals surface area (Å²) in [6.07, 6.45) is 4.93. The highest BCUT2D eigenvalue weighted by atomic mass is 79.9. The lowest BCUT2D eigenvalue weighted by atomic mass is 9.80. The van der Waals surface area contributed by atoms with E-state index >= 15 is 0 Å². The van der Waals surface area contributed by atoms with Crippen LogP contribution in [0.4, 0.5) is 0 Å². The number of hydrogen-bond acceptors (Lipinski definition) is 2. The van der Waals surface area contributed by atoms with Crippen LogP contribution in [-0.2, 0) is 6.42 Å². The maximum atomic E-state index is 4.59. The third-order valence-corrected chi connectivity index (χ3v) is 4.25. The van der Waals surface area contributed by atoms with E-state index in [-0.39, 0.29) is 0 Å². The van der Waals surface area contributed by atoms with Gasteiger partial charge in [-0.25, -0.2) is 9.97 Å². The Labute approximate surface area is 122 Å². The average molecular weight is 317 g/mol. The molecule has 0 N–H and O–H groups in total. The molecule has 0 atom stereocenters. The Balaban J connectivity index is 1.90. The van der Waals surface area contributed by atoms with E-state index < -0.39 is 0 Å². The summed E-state index contributed by atoms with van der Waals surface area (Å²) in [6, 6.07) is 10.9. The van der Waals surface area contributed by atoms with Crippen molar-refractivity contribution < 1.29 is 0 Å².